The molecule has 36 heavy (non-hydrogen) atoms. The summed E-state index contributed by atoms with van der Waals surface area (Å²) < 4.78 is 17.1. The van der Waals surface area contributed by atoms with Crippen molar-refractivity contribution < 1.29 is 23.8 Å². The first-order chi connectivity index (χ1) is 16.8. The van der Waals surface area contributed by atoms with Crippen molar-refractivity contribution in [2.75, 3.05) is 26.2 Å². The van der Waals surface area contributed by atoms with Crippen molar-refractivity contribution in [1.29, 1.82) is 0 Å². The Morgan fingerprint density at radius 1 is 1.11 bits per heavy atom. The number of likely N-dealkylation sites (tertiary alicyclic amines) is 1. The van der Waals surface area contributed by atoms with E-state index < -0.39 is 23.7 Å². The molecule has 1 saturated heterocycles. The molecule has 4 atom stereocenters. The molecule has 0 N–H and O–H groups in total. The van der Waals surface area contributed by atoms with E-state index in [9.17, 15) is 9.59 Å². The van der Waals surface area contributed by atoms with Gasteiger partial charge in [0.1, 0.15) is 22.4 Å². The van der Waals surface area contributed by atoms with Gasteiger partial charge >= 0.3 is 5.97 Å². The van der Waals surface area contributed by atoms with Gasteiger partial charge in [0.25, 0.3) is 5.91 Å². The van der Waals surface area contributed by atoms with Gasteiger partial charge in [-0.2, -0.15) is 0 Å². The summed E-state index contributed by atoms with van der Waals surface area (Å²) in [5.41, 5.74) is 0.587. The molecule has 0 spiro atoms. The minimum atomic E-state index is -0.807. The van der Waals surface area contributed by atoms with Gasteiger partial charge in [-0.3, -0.25) is 4.79 Å². The van der Waals surface area contributed by atoms with Gasteiger partial charge in [0.15, 0.2) is 0 Å². The average Bonchev–Trinajstić information content (AvgIpc) is 3.42. The number of nitrogens with zero attached hydrogens (tertiary/aromatic N) is 2. The van der Waals surface area contributed by atoms with Crippen molar-refractivity contribution >= 4 is 39.1 Å². The number of carbonyl (C=O) groups is 2. The van der Waals surface area contributed by atoms with Crippen LogP contribution in [0.3, 0.4) is 0 Å². The number of ether oxygens (including phenoxy) is 3. The largest absolute Gasteiger partial charge is 0.496 e. The molecule has 3 rings (SSSR count). The summed E-state index contributed by atoms with van der Waals surface area (Å²) in [5, 5.41) is 3.15. The van der Waals surface area contributed by atoms with E-state index in [4.69, 9.17) is 14.2 Å². The fourth-order valence-electron chi connectivity index (χ4n) is 4.84. The second-order valence-corrected chi connectivity index (χ2v) is 12.7. The van der Waals surface area contributed by atoms with Crippen molar-refractivity contribution in [3.63, 3.8) is 0 Å². The van der Waals surface area contributed by atoms with Crippen LogP contribution in [0.15, 0.2) is 29.8 Å². The molecule has 198 valence electrons. The monoisotopic (exact) mass is 580 g/mol. The minimum Gasteiger partial charge on any atom is -0.496 e. The number of benzene rings is 1. The van der Waals surface area contributed by atoms with Crippen molar-refractivity contribution in [3.8, 4) is 5.75 Å². The molecule has 1 aliphatic heterocycles. The van der Waals surface area contributed by atoms with Gasteiger partial charge in [0, 0.05) is 41.4 Å². The van der Waals surface area contributed by atoms with E-state index in [1.54, 1.807) is 31.4 Å². The van der Waals surface area contributed by atoms with Crippen LogP contribution >= 0.6 is 27.3 Å². The number of thiazole rings is 1. The number of rotatable bonds is 7. The molecule has 1 unspecified atom stereocenters. The topological polar surface area (TPSA) is 78.0 Å². The van der Waals surface area contributed by atoms with Crippen LogP contribution < -0.4 is 4.74 Å². The molecule has 7 nitrogen and oxygen atoms in total. The Bertz CT molecular complexity index is 1060. The first-order valence-corrected chi connectivity index (χ1v) is 14.0. The minimum absolute atomic E-state index is 0.155. The summed E-state index contributed by atoms with van der Waals surface area (Å²) >= 11 is 5.08. The number of methoxy groups -OCH3 is 2. The van der Waals surface area contributed by atoms with E-state index in [0.717, 1.165) is 10.6 Å². The lowest BCUT2D eigenvalue weighted by atomic mass is 9.85. The SMILES string of the molecule is COC[C@H]1[C@H](CBr)C(C(=O)OC(C)(C)C)N(C(=O)c2ccc(C(C)(C)C)c(OC)c2)[C@H]1c1nccs1. The maximum atomic E-state index is 14.3. The number of aromatic nitrogens is 1. The maximum Gasteiger partial charge on any atom is 0.329 e. The van der Waals surface area contributed by atoms with Crippen LogP contribution in [0.4, 0.5) is 0 Å². The van der Waals surface area contributed by atoms with Crippen molar-refractivity contribution in [1.82, 2.24) is 9.88 Å². The van der Waals surface area contributed by atoms with E-state index in [0.29, 0.717) is 23.2 Å². The van der Waals surface area contributed by atoms with Gasteiger partial charge in [-0.05, 0) is 43.9 Å². The molecule has 1 aromatic heterocycles. The standard InChI is InChI=1S/C27H37BrN2O5S/c1-26(2,3)19-10-9-16(13-20(19)34-8)24(31)30-21(23-29-11-12-36-23)18(15-33-7)17(14-28)22(30)25(32)35-27(4,5)6/h9-13,17-18,21-22H,14-15H2,1-8H3/t17-,18-,21+,22?/m0/s1. The zero-order chi connectivity index (χ0) is 26.8. The van der Waals surface area contributed by atoms with Gasteiger partial charge < -0.3 is 19.1 Å². The zero-order valence-corrected chi connectivity index (χ0v) is 24.7. The highest BCUT2D eigenvalue weighted by molar-refractivity contribution is 9.09. The predicted octanol–water partition coefficient (Wildman–Crippen LogP) is 5.63. The molecular formula is C27H37BrN2O5S. The molecule has 2 aromatic rings. The van der Waals surface area contributed by atoms with Crippen LogP contribution in [0.1, 0.15) is 68.5 Å². The first-order valence-electron chi connectivity index (χ1n) is 12.0. The molecular weight excluding hydrogens is 544 g/mol. The van der Waals surface area contributed by atoms with Crippen molar-refractivity contribution in [2.45, 2.75) is 64.6 Å². The lowest BCUT2D eigenvalue weighted by molar-refractivity contribution is -0.161. The summed E-state index contributed by atoms with van der Waals surface area (Å²) in [6.07, 6.45) is 1.72. The second kappa shape index (κ2) is 11.2. The van der Waals surface area contributed by atoms with Gasteiger partial charge in [0.05, 0.1) is 19.8 Å². The lowest BCUT2D eigenvalue weighted by Crippen LogP contribution is -2.47. The summed E-state index contributed by atoms with van der Waals surface area (Å²) in [6, 6.07) is 4.26. The quantitative estimate of drug-likeness (QED) is 0.312. The van der Waals surface area contributed by atoms with E-state index >= 15 is 0 Å². The molecule has 1 amide bonds. The third-order valence-electron chi connectivity index (χ3n) is 6.34. The summed E-state index contributed by atoms with van der Waals surface area (Å²) in [5.74, 6) is -0.447. The number of halogens is 1. The van der Waals surface area contributed by atoms with E-state index in [1.807, 2.05) is 38.3 Å². The Hall–Kier alpha value is -1.97. The van der Waals surface area contributed by atoms with Gasteiger partial charge in [0.2, 0.25) is 0 Å². The highest BCUT2D eigenvalue weighted by atomic mass is 79.9. The number of hydrogen-bond donors (Lipinski definition) is 0. The van der Waals surface area contributed by atoms with E-state index in [-0.39, 0.29) is 23.2 Å². The first kappa shape index (κ1) is 28.6. The van der Waals surface area contributed by atoms with Crippen LogP contribution in [0.25, 0.3) is 0 Å². The van der Waals surface area contributed by atoms with E-state index in [2.05, 4.69) is 41.7 Å². The number of alkyl halides is 1. The Morgan fingerprint density at radius 3 is 2.31 bits per heavy atom. The molecule has 1 aliphatic rings. The number of amides is 1. The van der Waals surface area contributed by atoms with Crippen LogP contribution in [0, 0.1) is 11.8 Å². The smallest absolute Gasteiger partial charge is 0.329 e. The summed E-state index contributed by atoms with van der Waals surface area (Å²) in [6.45, 7) is 12.2. The molecule has 0 aliphatic carbocycles. The normalized spacial score (nSPS) is 22.5. The molecule has 0 bridgehead atoms. The molecule has 1 fully saturated rings. The fraction of sp³-hybridized carbons (Fsp3) is 0.593. The highest BCUT2D eigenvalue weighted by Crippen LogP contribution is 2.48. The average molecular weight is 582 g/mol. The van der Waals surface area contributed by atoms with Crippen molar-refractivity contribution in [2.24, 2.45) is 11.8 Å². The maximum absolute atomic E-state index is 14.3. The van der Waals surface area contributed by atoms with E-state index in [1.165, 1.54) is 11.3 Å². The van der Waals surface area contributed by atoms with Crippen molar-refractivity contribution in [3.05, 3.63) is 45.9 Å². The Labute approximate surface area is 226 Å². The van der Waals surface area contributed by atoms with Crippen LogP contribution in [0.5, 0.6) is 5.75 Å². The fourth-order valence-corrected chi connectivity index (χ4v) is 6.48. The molecule has 1 aromatic carbocycles. The number of esters is 1. The van der Waals surface area contributed by atoms with Crippen LogP contribution in [-0.2, 0) is 19.7 Å². The summed E-state index contributed by atoms with van der Waals surface area (Å²) in [4.78, 5) is 34.1. The Kier molecular flexibility index (Phi) is 8.89. The molecule has 0 saturated carbocycles. The Balaban J connectivity index is 2.17. The number of hydrogen-bond acceptors (Lipinski definition) is 7. The second-order valence-electron chi connectivity index (χ2n) is 11.1. The van der Waals surface area contributed by atoms with Gasteiger partial charge in [-0.15, -0.1) is 11.3 Å². The summed E-state index contributed by atoms with van der Waals surface area (Å²) in [7, 11) is 3.24. The zero-order valence-electron chi connectivity index (χ0n) is 22.3. The number of carbonyl (C=O) groups excluding carboxylic acids is 2. The third kappa shape index (κ3) is 5.94. The molecule has 0 radical (unpaired) electrons. The van der Waals surface area contributed by atoms with Crippen LogP contribution in [-0.4, -0.2) is 59.6 Å². The third-order valence-corrected chi connectivity index (χ3v) is 7.94. The lowest BCUT2D eigenvalue weighted by Gasteiger charge is -2.32. The molecule has 2 heterocycles. The van der Waals surface area contributed by atoms with Gasteiger partial charge in [-0.25, -0.2) is 9.78 Å². The van der Waals surface area contributed by atoms with Crippen LogP contribution in [0.2, 0.25) is 0 Å². The highest BCUT2D eigenvalue weighted by Gasteiger charge is 2.56. The molecule has 9 heteroatoms. The predicted molar refractivity (Wildman–Crippen MR) is 145 cm³/mol. The van der Waals surface area contributed by atoms with Gasteiger partial charge in [-0.1, -0.05) is 42.8 Å². The Morgan fingerprint density at radius 2 is 1.81 bits per heavy atom.